The van der Waals surface area contributed by atoms with Gasteiger partial charge in [0.15, 0.2) is 0 Å². The minimum atomic E-state index is -1.25. The van der Waals surface area contributed by atoms with Gasteiger partial charge in [0.2, 0.25) is 5.91 Å². The van der Waals surface area contributed by atoms with Gasteiger partial charge in [0.25, 0.3) is 0 Å². The van der Waals surface area contributed by atoms with Gasteiger partial charge in [0.05, 0.1) is 0 Å². The summed E-state index contributed by atoms with van der Waals surface area (Å²) in [5.41, 5.74) is 9.27. The Hall–Kier alpha value is -1.52. The molecule has 0 aromatic rings. The highest BCUT2D eigenvalue weighted by atomic mass is 16.4. The largest absolute Gasteiger partial charge is 0.477 e. The first-order chi connectivity index (χ1) is 4.54. The first kappa shape index (κ1) is 8.48. The van der Waals surface area contributed by atoms with Gasteiger partial charge in [-0.05, 0) is 6.08 Å². The highest BCUT2D eigenvalue weighted by Crippen LogP contribution is 1.86. The summed E-state index contributed by atoms with van der Waals surface area (Å²) in [5, 5.41) is 8.15. The fourth-order valence-corrected chi connectivity index (χ4v) is 0.298. The van der Waals surface area contributed by atoms with Crippen molar-refractivity contribution in [2.45, 2.75) is 6.42 Å². The normalized spacial score (nSPS) is 11.0. The van der Waals surface area contributed by atoms with Crippen LogP contribution in [0.15, 0.2) is 11.8 Å². The average Bonchev–Trinajstić information content (AvgIpc) is 1.82. The van der Waals surface area contributed by atoms with E-state index in [4.69, 9.17) is 16.6 Å². The quantitative estimate of drug-likeness (QED) is 0.432. The zero-order chi connectivity index (χ0) is 8.15. The van der Waals surface area contributed by atoms with Crippen molar-refractivity contribution in [1.82, 2.24) is 0 Å². The first-order valence-electron chi connectivity index (χ1n) is 2.51. The highest BCUT2D eigenvalue weighted by Gasteiger charge is 1.99. The number of aliphatic carboxylic acids is 1. The molecule has 0 aromatic carbocycles. The van der Waals surface area contributed by atoms with Crippen molar-refractivity contribution in [2.24, 2.45) is 11.5 Å². The fraction of sp³-hybridized carbons (Fsp3) is 0.200. The van der Waals surface area contributed by atoms with Crippen molar-refractivity contribution in [1.29, 1.82) is 0 Å². The lowest BCUT2D eigenvalue weighted by Crippen LogP contribution is -2.13. The second kappa shape index (κ2) is 3.49. The van der Waals surface area contributed by atoms with E-state index < -0.39 is 11.9 Å². The molecule has 0 bridgehead atoms. The molecule has 56 valence electrons. The summed E-state index contributed by atoms with van der Waals surface area (Å²) in [7, 11) is 0. The third kappa shape index (κ3) is 3.48. The zero-order valence-corrected chi connectivity index (χ0v) is 5.20. The number of hydrogen-bond donors (Lipinski definition) is 3. The molecule has 0 aliphatic heterocycles. The molecule has 0 heterocycles. The molecule has 0 aromatic heterocycles. The van der Waals surface area contributed by atoms with Crippen LogP contribution in [0.5, 0.6) is 0 Å². The van der Waals surface area contributed by atoms with E-state index in [1.165, 1.54) is 0 Å². The molecule has 0 spiro atoms. The van der Waals surface area contributed by atoms with Crippen LogP contribution in [0, 0.1) is 0 Å². The molecule has 0 radical (unpaired) electrons. The predicted octanol–water partition coefficient (Wildman–Crippen LogP) is -1.21. The molecule has 0 fully saturated rings. The van der Waals surface area contributed by atoms with E-state index >= 15 is 0 Å². The Bertz CT molecular complexity index is 185. The molecule has 5 heteroatoms. The molecule has 0 saturated heterocycles. The molecule has 0 atom stereocenters. The van der Waals surface area contributed by atoms with Crippen molar-refractivity contribution in [3.63, 3.8) is 0 Å². The Morgan fingerprint density at radius 2 is 1.90 bits per heavy atom. The summed E-state index contributed by atoms with van der Waals surface area (Å²) < 4.78 is 0. The van der Waals surface area contributed by atoms with Crippen molar-refractivity contribution < 1.29 is 14.7 Å². The second-order valence-corrected chi connectivity index (χ2v) is 1.64. The SMILES string of the molecule is NC(=O)C/C=C(\N)C(=O)O. The molecule has 0 unspecified atom stereocenters. The van der Waals surface area contributed by atoms with Crippen LogP contribution >= 0.6 is 0 Å². The number of carboxylic acids is 1. The molecular weight excluding hydrogens is 136 g/mol. The average molecular weight is 144 g/mol. The Labute approximate surface area is 57.3 Å². The van der Waals surface area contributed by atoms with Gasteiger partial charge in [0, 0.05) is 6.42 Å². The number of hydrogen-bond acceptors (Lipinski definition) is 3. The summed E-state index contributed by atoms with van der Waals surface area (Å²) in [6.45, 7) is 0. The molecule has 1 amide bonds. The molecule has 0 saturated carbocycles. The number of rotatable bonds is 3. The Kier molecular flexibility index (Phi) is 2.96. The van der Waals surface area contributed by atoms with Crippen LogP contribution in [0.1, 0.15) is 6.42 Å². The lowest BCUT2D eigenvalue weighted by atomic mass is 10.3. The minimum Gasteiger partial charge on any atom is -0.477 e. The van der Waals surface area contributed by atoms with Gasteiger partial charge < -0.3 is 16.6 Å². The smallest absolute Gasteiger partial charge is 0.351 e. The van der Waals surface area contributed by atoms with Gasteiger partial charge in [-0.15, -0.1) is 0 Å². The van der Waals surface area contributed by atoms with Crippen molar-refractivity contribution in [2.75, 3.05) is 0 Å². The number of primary amides is 1. The Morgan fingerprint density at radius 1 is 1.40 bits per heavy atom. The second-order valence-electron chi connectivity index (χ2n) is 1.64. The van der Waals surface area contributed by atoms with Gasteiger partial charge in [0.1, 0.15) is 5.70 Å². The van der Waals surface area contributed by atoms with Crippen molar-refractivity contribution >= 4 is 11.9 Å². The van der Waals surface area contributed by atoms with Crippen LogP contribution in [-0.2, 0) is 9.59 Å². The van der Waals surface area contributed by atoms with Crippen LogP contribution < -0.4 is 11.5 Å². The number of carbonyl (C=O) groups excluding carboxylic acids is 1. The molecule has 0 rings (SSSR count). The zero-order valence-electron chi connectivity index (χ0n) is 5.20. The molecule has 5 nitrogen and oxygen atoms in total. The summed E-state index contributed by atoms with van der Waals surface area (Å²) >= 11 is 0. The van der Waals surface area contributed by atoms with E-state index in [1.807, 2.05) is 0 Å². The standard InChI is InChI=1S/C5H8N2O3/c6-3(5(9)10)1-2-4(7)8/h1H,2,6H2,(H2,7,8)(H,9,10)/b3-1-. The predicted molar refractivity (Wildman–Crippen MR) is 33.7 cm³/mol. The maximum Gasteiger partial charge on any atom is 0.351 e. The monoisotopic (exact) mass is 144 g/mol. The van der Waals surface area contributed by atoms with Gasteiger partial charge in [-0.1, -0.05) is 0 Å². The van der Waals surface area contributed by atoms with E-state index in [0.717, 1.165) is 6.08 Å². The van der Waals surface area contributed by atoms with Crippen LogP contribution in [-0.4, -0.2) is 17.0 Å². The molecule has 5 N–H and O–H groups in total. The lowest BCUT2D eigenvalue weighted by molar-refractivity contribution is -0.132. The first-order valence-corrected chi connectivity index (χ1v) is 2.51. The lowest BCUT2D eigenvalue weighted by Gasteiger charge is -1.90. The van der Waals surface area contributed by atoms with Gasteiger partial charge in [-0.2, -0.15) is 0 Å². The van der Waals surface area contributed by atoms with E-state index in [0.29, 0.717) is 0 Å². The summed E-state index contributed by atoms with van der Waals surface area (Å²) in [6.07, 6.45) is 0.919. The minimum absolute atomic E-state index is 0.141. The summed E-state index contributed by atoms with van der Waals surface area (Å²) in [6, 6.07) is 0. The Balaban J connectivity index is 3.92. The third-order valence-electron chi connectivity index (χ3n) is 0.770. The van der Waals surface area contributed by atoms with Crippen LogP contribution in [0.2, 0.25) is 0 Å². The number of nitrogens with two attached hydrogens (primary N) is 2. The molecule has 0 aliphatic rings. The summed E-state index contributed by atoms with van der Waals surface area (Å²) in [5.74, 6) is -1.86. The number of carbonyl (C=O) groups is 2. The molecule has 10 heavy (non-hydrogen) atoms. The van der Waals surface area contributed by atoms with E-state index in [-0.39, 0.29) is 12.1 Å². The maximum absolute atomic E-state index is 10.1. The third-order valence-corrected chi connectivity index (χ3v) is 0.770. The fourth-order valence-electron chi connectivity index (χ4n) is 0.298. The van der Waals surface area contributed by atoms with Crippen LogP contribution in [0.3, 0.4) is 0 Å². The van der Waals surface area contributed by atoms with E-state index in [2.05, 4.69) is 0 Å². The highest BCUT2D eigenvalue weighted by molar-refractivity contribution is 5.86. The summed E-state index contributed by atoms with van der Waals surface area (Å²) in [4.78, 5) is 20.0. The van der Waals surface area contributed by atoms with Gasteiger partial charge >= 0.3 is 5.97 Å². The topological polar surface area (TPSA) is 106 Å². The maximum atomic E-state index is 10.1. The van der Waals surface area contributed by atoms with Gasteiger partial charge in [-0.25, -0.2) is 4.79 Å². The van der Waals surface area contributed by atoms with E-state index in [1.54, 1.807) is 0 Å². The molecular formula is C5H8N2O3. The number of amides is 1. The van der Waals surface area contributed by atoms with Crippen molar-refractivity contribution in [3.8, 4) is 0 Å². The van der Waals surface area contributed by atoms with Crippen LogP contribution in [0.4, 0.5) is 0 Å². The van der Waals surface area contributed by atoms with Gasteiger partial charge in [-0.3, -0.25) is 4.79 Å². The van der Waals surface area contributed by atoms with Crippen LogP contribution in [0.25, 0.3) is 0 Å². The number of carboxylic acid groups (broad SMARTS) is 1. The van der Waals surface area contributed by atoms with E-state index in [9.17, 15) is 9.59 Å². The molecule has 0 aliphatic carbocycles. The Morgan fingerprint density at radius 3 is 2.20 bits per heavy atom. The van der Waals surface area contributed by atoms with Crippen molar-refractivity contribution in [3.05, 3.63) is 11.8 Å².